The quantitative estimate of drug-likeness (QED) is 0.813. The van der Waals surface area contributed by atoms with Crippen molar-refractivity contribution in [2.24, 2.45) is 0 Å². The maximum Gasteiger partial charge on any atom is 0.119 e. The van der Waals surface area contributed by atoms with Crippen molar-refractivity contribution in [1.82, 2.24) is 4.90 Å². The van der Waals surface area contributed by atoms with E-state index in [4.69, 9.17) is 4.74 Å². The summed E-state index contributed by atoms with van der Waals surface area (Å²) in [6.07, 6.45) is 1.88. The van der Waals surface area contributed by atoms with E-state index in [1.54, 1.807) is 0 Å². The van der Waals surface area contributed by atoms with Gasteiger partial charge in [0.25, 0.3) is 0 Å². The molecule has 1 aliphatic rings. The predicted molar refractivity (Wildman–Crippen MR) is 74.2 cm³/mol. The van der Waals surface area contributed by atoms with E-state index in [9.17, 15) is 10.2 Å². The van der Waals surface area contributed by atoms with Crippen molar-refractivity contribution in [2.75, 3.05) is 19.8 Å². The Labute approximate surface area is 114 Å². The van der Waals surface area contributed by atoms with Gasteiger partial charge in [0.05, 0.1) is 13.2 Å². The third kappa shape index (κ3) is 3.47. The molecule has 0 saturated carbocycles. The Morgan fingerprint density at radius 1 is 1.16 bits per heavy atom. The first-order valence-corrected chi connectivity index (χ1v) is 6.93. The van der Waals surface area contributed by atoms with Crippen LogP contribution >= 0.6 is 0 Å². The number of likely N-dealkylation sites (tertiary alicyclic amines) is 1. The van der Waals surface area contributed by atoms with Crippen LogP contribution < -0.4 is 4.74 Å². The Bertz CT molecular complexity index is 359. The molecule has 19 heavy (non-hydrogen) atoms. The lowest BCUT2D eigenvalue weighted by atomic mass is 10.2. The zero-order chi connectivity index (χ0) is 13.7. The van der Waals surface area contributed by atoms with Crippen LogP contribution in [0.4, 0.5) is 0 Å². The van der Waals surface area contributed by atoms with Gasteiger partial charge < -0.3 is 14.9 Å². The average molecular weight is 265 g/mol. The van der Waals surface area contributed by atoms with Crippen LogP contribution in [0.15, 0.2) is 30.3 Å². The molecule has 106 valence electrons. The molecule has 3 atom stereocenters. The Balaban J connectivity index is 1.92. The molecule has 2 N–H and O–H groups in total. The summed E-state index contributed by atoms with van der Waals surface area (Å²) in [5, 5.41) is 18.8. The fourth-order valence-electron chi connectivity index (χ4n) is 2.89. The zero-order valence-corrected chi connectivity index (χ0v) is 11.4. The summed E-state index contributed by atoms with van der Waals surface area (Å²) in [6, 6.07) is 10.2. The van der Waals surface area contributed by atoms with Crippen molar-refractivity contribution in [3.05, 3.63) is 30.3 Å². The number of ether oxygens (including phenoxy) is 1. The van der Waals surface area contributed by atoms with Gasteiger partial charge >= 0.3 is 0 Å². The Morgan fingerprint density at radius 3 is 2.26 bits per heavy atom. The second-order valence-electron chi connectivity index (χ2n) is 5.17. The lowest BCUT2D eigenvalue weighted by Gasteiger charge is -2.34. The van der Waals surface area contributed by atoms with Crippen LogP contribution in [0.25, 0.3) is 0 Å². The minimum absolute atomic E-state index is 0.145. The summed E-state index contributed by atoms with van der Waals surface area (Å²) in [5.41, 5.74) is 0. The number of hydrogen-bond donors (Lipinski definition) is 2. The van der Waals surface area contributed by atoms with E-state index >= 15 is 0 Å². The smallest absolute Gasteiger partial charge is 0.119 e. The van der Waals surface area contributed by atoms with Crippen LogP contribution in [-0.4, -0.2) is 53.1 Å². The van der Waals surface area contributed by atoms with Crippen LogP contribution in [0.1, 0.15) is 19.8 Å². The lowest BCUT2D eigenvalue weighted by Crippen LogP contribution is -2.48. The molecule has 1 aromatic rings. The maximum atomic E-state index is 9.42. The number of nitrogens with zero attached hydrogens (tertiary/aromatic N) is 1. The topological polar surface area (TPSA) is 52.9 Å². The minimum Gasteiger partial charge on any atom is -0.492 e. The van der Waals surface area contributed by atoms with Crippen molar-refractivity contribution in [3.8, 4) is 5.75 Å². The van der Waals surface area contributed by atoms with E-state index in [1.807, 2.05) is 30.3 Å². The first-order valence-electron chi connectivity index (χ1n) is 6.93. The summed E-state index contributed by atoms with van der Waals surface area (Å²) in [6.45, 7) is 2.94. The molecule has 4 heteroatoms. The molecule has 0 unspecified atom stereocenters. The van der Waals surface area contributed by atoms with Gasteiger partial charge in [-0.2, -0.15) is 0 Å². The molecule has 0 spiro atoms. The Kier molecular flexibility index (Phi) is 5.19. The minimum atomic E-state index is 0.145. The van der Waals surface area contributed by atoms with E-state index in [0.29, 0.717) is 6.61 Å². The Hall–Kier alpha value is -1.10. The summed E-state index contributed by atoms with van der Waals surface area (Å²) in [4.78, 5) is 2.20. The van der Waals surface area contributed by atoms with Gasteiger partial charge in [0.2, 0.25) is 0 Å². The maximum absolute atomic E-state index is 9.42. The van der Waals surface area contributed by atoms with E-state index < -0.39 is 0 Å². The monoisotopic (exact) mass is 265 g/mol. The van der Waals surface area contributed by atoms with Crippen LogP contribution in [0.2, 0.25) is 0 Å². The van der Waals surface area contributed by atoms with Crippen LogP contribution in [0, 0.1) is 0 Å². The fraction of sp³-hybridized carbons (Fsp3) is 0.600. The summed E-state index contributed by atoms with van der Waals surface area (Å²) >= 11 is 0. The normalized spacial score (nSPS) is 25.4. The van der Waals surface area contributed by atoms with E-state index in [-0.39, 0.29) is 31.3 Å². The van der Waals surface area contributed by atoms with Gasteiger partial charge in [-0.15, -0.1) is 0 Å². The lowest BCUT2D eigenvalue weighted by molar-refractivity contribution is 0.0451. The fourth-order valence-corrected chi connectivity index (χ4v) is 2.89. The van der Waals surface area contributed by atoms with Crippen LogP contribution in [-0.2, 0) is 0 Å². The van der Waals surface area contributed by atoms with Crippen LogP contribution in [0.5, 0.6) is 5.75 Å². The summed E-state index contributed by atoms with van der Waals surface area (Å²) in [7, 11) is 0. The average Bonchev–Trinajstić information content (AvgIpc) is 2.89. The van der Waals surface area contributed by atoms with Crippen LogP contribution in [0.3, 0.4) is 0 Å². The second kappa shape index (κ2) is 6.89. The molecular formula is C15H23NO3. The Morgan fingerprint density at radius 2 is 1.74 bits per heavy atom. The first-order chi connectivity index (χ1) is 9.26. The third-order valence-electron chi connectivity index (χ3n) is 3.84. The standard InChI is InChI=1S/C15H23NO3/c1-12(11-19-15-5-3-2-4-6-15)16-13(9-17)7-8-14(16)10-18/h2-6,12-14,17-18H,7-11H2,1H3/t12-,13+,14+/m1/s1. The van der Waals surface area contributed by atoms with Gasteiger partial charge in [0, 0.05) is 18.1 Å². The molecule has 0 radical (unpaired) electrons. The van der Waals surface area contributed by atoms with Gasteiger partial charge in [0.15, 0.2) is 0 Å². The third-order valence-corrected chi connectivity index (χ3v) is 3.84. The molecule has 0 bridgehead atoms. The molecular weight excluding hydrogens is 242 g/mol. The zero-order valence-electron chi connectivity index (χ0n) is 11.4. The number of aliphatic hydroxyl groups excluding tert-OH is 2. The molecule has 1 aliphatic heterocycles. The molecule has 0 aliphatic carbocycles. The molecule has 2 rings (SSSR count). The van der Waals surface area contributed by atoms with E-state index in [2.05, 4.69) is 11.8 Å². The molecule has 0 amide bonds. The number of benzene rings is 1. The molecule has 1 fully saturated rings. The van der Waals surface area contributed by atoms with Gasteiger partial charge in [-0.1, -0.05) is 18.2 Å². The van der Waals surface area contributed by atoms with E-state index in [1.165, 1.54) is 0 Å². The summed E-state index contributed by atoms with van der Waals surface area (Å²) in [5.74, 6) is 0.856. The van der Waals surface area contributed by atoms with Gasteiger partial charge in [0.1, 0.15) is 12.4 Å². The van der Waals surface area contributed by atoms with Gasteiger partial charge in [-0.25, -0.2) is 0 Å². The highest BCUT2D eigenvalue weighted by molar-refractivity contribution is 5.20. The predicted octanol–water partition coefficient (Wildman–Crippen LogP) is 1.27. The molecule has 0 aromatic heterocycles. The van der Waals surface area contributed by atoms with Gasteiger partial charge in [-0.3, -0.25) is 4.90 Å². The molecule has 1 aromatic carbocycles. The van der Waals surface area contributed by atoms with Crippen molar-refractivity contribution in [3.63, 3.8) is 0 Å². The van der Waals surface area contributed by atoms with Crippen molar-refractivity contribution < 1.29 is 14.9 Å². The largest absolute Gasteiger partial charge is 0.492 e. The highest BCUT2D eigenvalue weighted by Crippen LogP contribution is 2.26. The highest BCUT2D eigenvalue weighted by atomic mass is 16.5. The number of hydrogen-bond acceptors (Lipinski definition) is 4. The van der Waals surface area contributed by atoms with Crippen molar-refractivity contribution in [2.45, 2.75) is 37.9 Å². The number of para-hydroxylation sites is 1. The van der Waals surface area contributed by atoms with Crippen molar-refractivity contribution >= 4 is 0 Å². The van der Waals surface area contributed by atoms with Gasteiger partial charge in [-0.05, 0) is 31.9 Å². The highest BCUT2D eigenvalue weighted by Gasteiger charge is 2.35. The molecule has 1 saturated heterocycles. The number of aliphatic hydroxyl groups is 2. The number of rotatable bonds is 6. The summed E-state index contributed by atoms with van der Waals surface area (Å²) < 4.78 is 5.76. The second-order valence-corrected chi connectivity index (χ2v) is 5.17. The van der Waals surface area contributed by atoms with E-state index in [0.717, 1.165) is 18.6 Å². The first kappa shape index (κ1) is 14.3. The van der Waals surface area contributed by atoms with Crippen molar-refractivity contribution in [1.29, 1.82) is 0 Å². The molecule has 4 nitrogen and oxygen atoms in total. The SMILES string of the molecule is C[C@H](COc1ccccc1)N1[C@H](CO)CC[C@H]1CO. The molecule has 1 heterocycles.